The Kier molecular flexibility index (Phi) is 16.0. The molecule has 16 heteroatoms. The molecular formula is C30H48F2N8O2S4. The molecule has 3 aromatic heterocycles. The average Bonchev–Trinajstić information content (AvgIpc) is 3.82. The maximum absolute atomic E-state index is 14.7. The van der Waals surface area contributed by atoms with Crippen LogP contribution in [-0.2, 0) is 9.47 Å². The lowest BCUT2D eigenvalue weighted by molar-refractivity contribution is 0.0195. The van der Waals surface area contributed by atoms with Crippen molar-refractivity contribution >= 4 is 62.9 Å². The minimum atomic E-state index is -1.05. The fourth-order valence-corrected chi connectivity index (χ4v) is 6.97. The monoisotopic (exact) mass is 718 g/mol. The second-order valence-electron chi connectivity index (χ2n) is 10.5. The number of nitrogens with zero attached hydrogens (tertiary/aromatic N) is 6. The second kappa shape index (κ2) is 18.2. The number of hydrogen-bond donors (Lipinski definition) is 2. The van der Waals surface area contributed by atoms with E-state index in [1.165, 1.54) is 47.0 Å². The first kappa shape index (κ1) is 40.5. The van der Waals surface area contributed by atoms with E-state index in [9.17, 15) is 8.78 Å². The van der Waals surface area contributed by atoms with E-state index in [-0.39, 0.29) is 44.1 Å². The highest BCUT2D eigenvalue weighted by atomic mass is 32.2. The Morgan fingerprint density at radius 1 is 0.935 bits per heavy atom. The number of halogens is 2. The van der Waals surface area contributed by atoms with Crippen molar-refractivity contribution in [2.24, 2.45) is 16.8 Å². The topological polar surface area (TPSA) is 126 Å². The number of aromatic amines is 1. The molecule has 5 heterocycles. The summed E-state index contributed by atoms with van der Waals surface area (Å²) >= 11 is 5.62. The number of H-pyrrole nitrogens is 1. The minimum absolute atomic E-state index is 0. The molecule has 0 unspecified atom stereocenters. The summed E-state index contributed by atoms with van der Waals surface area (Å²) in [6.07, 6.45) is 8.95. The first-order valence-electron chi connectivity index (χ1n) is 14.3. The Balaban J connectivity index is 0.000000307. The van der Waals surface area contributed by atoms with Gasteiger partial charge in [-0.2, -0.15) is 0 Å². The zero-order valence-corrected chi connectivity index (χ0v) is 29.3. The lowest BCUT2D eigenvalue weighted by Crippen LogP contribution is -2.18. The van der Waals surface area contributed by atoms with Crippen molar-refractivity contribution in [2.45, 2.75) is 102 Å². The molecule has 2 aliphatic rings. The van der Waals surface area contributed by atoms with E-state index in [2.05, 4.69) is 30.0 Å². The lowest BCUT2D eigenvalue weighted by Gasteiger charge is -2.13. The molecule has 10 nitrogen and oxygen atoms in total. The van der Waals surface area contributed by atoms with Gasteiger partial charge in [0.15, 0.2) is 16.6 Å². The van der Waals surface area contributed by atoms with E-state index in [1.807, 2.05) is 46.5 Å². The van der Waals surface area contributed by atoms with Gasteiger partial charge in [0.2, 0.25) is 5.16 Å². The number of imidazole rings is 2. The summed E-state index contributed by atoms with van der Waals surface area (Å²) < 4.78 is 42.5. The van der Waals surface area contributed by atoms with Gasteiger partial charge in [-0.15, -0.1) is 28.6 Å². The summed E-state index contributed by atoms with van der Waals surface area (Å²) in [7, 11) is 0. The molecule has 0 bridgehead atoms. The molecular weight excluding hydrogens is 671 g/mol. The minimum Gasteiger partial charge on any atom is -0.365 e. The molecule has 0 aliphatic carbocycles. The van der Waals surface area contributed by atoms with E-state index in [0.29, 0.717) is 33.1 Å². The van der Waals surface area contributed by atoms with Crippen LogP contribution in [0.25, 0.3) is 5.65 Å². The number of rotatable bonds is 7. The molecule has 2 N–H and O–H groups in total. The number of aromatic nitrogens is 6. The molecule has 258 valence electrons. The van der Waals surface area contributed by atoms with Gasteiger partial charge in [-0.1, -0.05) is 66.1 Å². The summed E-state index contributed by atoms with van der Waals surface area (Å²) in [5.74, 6) is 0.298. The van der Waals surface area contributed by atoms with Gasteiger partial charge in [0.05, 0.1) is 36.0 Å². The van der Waals surface area contributed by atoms with Gasteiger partial charge < -0.3 is 14.5 Å². The molecule has 3 aromatic rings. The van der Waals surface area contributed by atoms with Gasteiger partial charge in [0, 0.05) is 11.8 Å². The number of amidine groups is 1. The van der Waals surface area contributed by atoms with Crippen LogP contribution in [0.15, 0.2) is 27.6 Å². The summed E-state index contributed by atoms with van der Waals surface area (Å²) in [6, 6.07) is 0. The number of fused-ring (bicyclic) bond motifs is 1. The summed E-state index contributed by atoms with van der Waals surface area (Å²) in [5, 5.41) is 14.4. The zero-order valence-electron chi connectivity index (χ0n) is 26.1. The van der Waals surface area contributed by atoms with Gasteiger partial charge in [-0.25, -0.2) is 33.2 Å². The van der Waals surface area contributed by atoms with E-state index in [1.54, 1.807) is 23.2 Å². The van der Waals surface area contributed by atoms with E-state index >= 15 is 0 Å². The van der Waals surface area contributed by atoms with E-state index in [4.69, 9.17) is 14.9 Å². The second-order valence-corrected chi connectivity index (χ2v) is 13.6. The van der Waals surface area contributed by atoms with Crippen molar-refractivity contribution in [3.63, 3.8) is 0 Å². The fraction of sp³-hybridized carbons (Fsp3) is 0.667. The molecule has 0 aromatic carbocycles. The van der Waals surface area contributed by atoms with Crippen molar-refractivity contribution in [2.75, 3.05) is 25.0 Å². The first-order valence-corrected chi connectivity index (χ1v) is 19.2. The highest BCUT2D eigenvalue weighted by Crippen LogP contribution is 2.41. The van der Waals surface area contributed by atoms with Gasteiger partial charge in [-0.3, -0.25) is 5.41 Å². The van der Waals surface area contributed by atoms with Crippen LogP contribution in [0, 0.1) is 17.2 Å². The SMILES string of the molecule is C.C.CC[C@H]1O[C@@H](c2cnc(C(=NC(=N)SC)SC)[nH]2)[C@H](F)[C@@H]1C.CC[C@H]1O[C@@H](c2cnc3c(SC)nc(SC)nn23)[C@H](F)[C@@H]1C. The predicted molar refractivity (Wildman–Crippen MR) is 192 cm³/mol. The van der Waals surface area contributed by atoms with Crippen molar-refractivity contribution < 1.29 is 18.3 Å². The molecule has 46 heavy (non-hydrogen) atoms. The number of hydrogen-bond acceptors (Lipinski definition) is 11. The van der Waals surface area contributed by atoms with Gasteiger partial charge >= 0.3 is 0 Å². The Morgan fingerprint density at radius 2 is 1.54 bits per heavy atom. The Bertz CT molecular complexity index is 1460. The largest absolute Gasteiger partial charge is 0.365 e. The molecule has 2 fully saturated rings. The highest BCUT2D eigenvalue weighted by molar-refractivity contribution is 8.15. The number of aliphatic imine (C=N–C) groups is 1. The van der Waals surface area contributed by atoms with Crippen LogP contribution in [0.4, 0.5) is 8.78 Å². The summed E-state index contributed by atoms with van der Waals surface area (Å²) in [4.78, 5) is 20.4. The third-order valence-corrected chi connectivity index (χ3v) is 10.3. The van der Waals surface area contributed by atoms with Gasteiger partial charge in [-0.05, 0) is 37.9 Å². The van der Waals surface area contributed by atoms with Crippen molar-refractivity contribution in [1.82, 2.24) is 29.5 Å². The molecule has 0 radical (unpaired) electrons. The number of thioether (sulfide) groups is 4. The third-order valence-electron chi connectivity index (χ3n) is 7.90. The van der Waals surface area contributed by atoms with Gasteiger partial charge in [0.1, 0.15) is 34.6 Å². The van der Waals surface area contributed by atoms with Crippen molar-refractivity contribution in [3.05, 3.63) is 29.6 Å². The maximum Gasteiger partial charge on any atom is 0.208 e. The van der Waals surface area contributed by atoms with E-state index < -0.39 is 24.6 Å². The number of alkyl halides is 2. The molecule has 2 saturated heterocycles. The van der Waals surface area contributed by atoms with Crippen molar-refractivity contribution in [3.8, 4) is 0 Å². The molecule has 2 aliphatic heterocycles. The predicted octanol–water partition coefficient (Wildman–Crippen LogP) is 8.31. The summed E-state index contributed by atoms with van der Waals surface area (Å²) in [6.45, 7) is 7.80. The van der Waals surface area contributed by atoms with Crippen LogP contribution in [0.1, 0.15) is 84.8 Å². The molecule has 0 amide bonds. The van der Waals surface area contributed by atoms with Crippen LogP contribution in [0.2, 0.25) is 0 Å². The summed E-state index contributed by atoms with van der Waals surface area (Å²) in [5.41, 5.74) is 1.95. The van der Waals surface area contributed by atoms with Crippen molar-refractivity contribution in [1.29, 1.82) is 5.41 Å². The Hall–Kier alpha value is -1.72. The maximum atomic E-state index is 14.7. The van der Waals surface area contributed by atoms with Crippen LogP contribution in [-0.4, -0.2) is 89.3 Å². The third kappa shape index (κ3) is 8.46. The number of ether oxygens (including phenoxy) is 2. The van der Waals surface area contributed by atoms with Crippen LogP contribution >= 0.6 is 47.0 Å². The quantitative estimate of drug-likeness (QED) is 0.140. The van der Waals surface area contributed by atoms with E-state index in [0.717, 1.165) is 17.9 Å². The van der Waals surface area contributed by atoms with Crippen LogP contribution in [0.5, 0.6) is 0 Å². The molecule has 8 atom stereocenters. The average molecular weight is 719 g/mol. The molecule has 5 rings (SSSR count). The van der Waals surface area contributed by atoms with Crippen LogP contribution in [0.3, 0.4) is 0 Å². The van der Waals surface area contributed by atoms with Crippen LogP contribution < -0.4 is 0 Å². The first-order chi connectivity index (χ1) is 21.1. The van der Waals surface area contributed by atoms with Gasteiger partial charge in [0.25, 0.3) is 0 Å². The highest BCUT2D eigenvalue weighted by Gasteiger charge is 2.44. The Labute approximate surface area is 288 Å². The molecule has 0 spiro atoms. The smallest absolute Gasteiger partial charge is 0.208 e. The fourth-order valence-electron chi connectivity index (χ4n) is 5.34. The Morgan fingerprint density at radius 3 is 2.07 bits per heavy atom. The number of nitrogens with one attached hydrogen (secondary N) is 2. The lowest BCUT2D eigenvalue weighted by atomic mass is 9.97. The molecule has 0 saturated carbocycles. The normalized spacial score (nSPS) is 27.6. The standard InChI is InChI=1S/C14H19FN4OS2.C14H21FN4OS2.2CH4/c1-5-9-7(2)10(15)11(20-9)8-6-16-12-13(21-3)17-14(22-4)18-19(8)12;1-5-9-7(2)10(15)11(20-9)8-6-17-12(18-8)13(21-3)19-14(16)22-4;;/h6-7,9-11H,5H2,1-4H3;6-7,9-11,16H,5H2,1-4H3,(H,17,18);2*1H4/t2*7-,9-,10-,11+;;/m11../s1. The zero-order chi connectivity index (χ0) is 32.1.